The van der Waals surface area contributed by atoms with Crippen LogP contribution in [0, 0.1) is 0 Å². The van der Waals surface area contributed by atoms with Gasteiger partial charge in [-0.25, -0.2) is 4.79 Å². The quantitative estimate of drug-likeness (QED) is 0.604. The second-order valence-corrected chi connectivity index (χ2v) is 3.74. The summed E-state index contributed by atoms with van der Waals surface area (Å²) in [7, 11) is 0. The molecule has 0 bridgehead atoms. The monoisotopic (exact) mass is 234 g/mol. The summed E-state index contributed by atoms with van der Waals surface area (Å²) >= 11 is 0. The summed E-state index contributed by atoms with van der Waals surface area (Å²) in [5, 5.41) is 2.46. The molecular formula is C12H14N2O3. The summed E-state index contributed by atoms with van der Waals surface area (Å²) in [6.07, 6.45) is 0. The Morgan fingerprint density at radius 3 is 2.65 bits per heavy atom. The van der Waals surface area contributed by atoms with E-state index in [-0.39, 0.29) is 18.5 Å². The topological polar surface area (TPSA) is 58.6 Å². The molecule has 1 aromatic carbocycles. The molecule has 5 heteroatoms. The molecule has 90 valence electrons. The number of carbonyl (C=O) groups is 2. The molecule has 0 aromatic heterocycles. The van der Waals surface area contributed by atoms with E-state index < -0.39 is 0 Å². The zero-order valence-electron chi connectivity index (χ0n) is 9.39. The molecule has 0 atom stereocenters. The highest BCUT2D eigenvalue weighted by molar-refractivity contribution is 6.01. The molecule has 0 radical (unpaired) electrons. The molecule has 1 N–H and O–H groups in total. The summed E-state index contributed by atoms with van der Waals surface area (Å²) in [4.78, 5) is 23.6. The molecule has 0 aliphatic carbocycles. The van der Waals surface area contributed by atoms with Gasteiger partial charge in [0, 0.05) is 0 Å². The Hall–Kier alpha value is -1.88. The van der Waals surface area contributed by atoms with Crippen LogP contribution in [0.2, 0.25) is 0 Å². The van der Waals surface area contributed by atoms with Gasteiger partial charge in [-0.2, -0.15) is 0 Å². The first-order valence-electron chi connectivity index (χ1n) is 5.47. The average molecular weight is 234 g/mol. The van der Waals surface area contributed by atoms with Crippen molar-refractivity contribution >= 4 is 11.9 Å². The van der Waals surface area contributed by atoms with Crippen LogP contribution in [-0.4, -0.2) is 36.5 Å². The first-order chi connectivity index (χ1) is 8.27. The molecule has 0 unspecified atom stereocenters. The van der Waals surface area contributed by atoms with Gasteiger partial charge in [-0.1, -0.05) is 30.3 Å². The van der Waals surface area contributed by atoms with Gasteiger partial charge in [0.1, 0.15) is 0 Å². The summed E-state index contributed by atoms with van der Waals surface area (Å²) in [5.41, 5.74) is 1.07. The number of amides is 3. The van der Waals surface area contributed by atoms with Crippen LogP contribution in [0.4, 0.5) is 4.79 Å². The normalized spacial score (nSPS) is 15.2. The van der Waals surface area contributed by atoms with Crippen LogP contribution in [0.1, 0.15) is 5.56 Å². The van der Waals surface area contributed by atoms with Crippen molar-refractivity contribution in [2.45, 2.75) is 6.61 Å². The van der Waals surface area contributed by atoms with E-state index in [2.05, 4.69) is 5.32 Å². The molecule has 1 aliphatic heterocycles. The fourth-order valence-electron chi connectivity index (χ4n) is 1.60. The fraction of sp³-hybridized carbons (Fsp3) is 0.333. The lowest BCUT2D eigenvalue weighted by Gasteiger charge is -2.12. The second-order valence-electron chi connectivity index (χ2n) is 3.74. The van der Waals surface area contributed by atoms with Crippen molar-refractivity contribution in [3.05, 3.63) is 35.9 Å². The van der Waals surface area contributed by atoms with Crippen LogP contribution >= 0.6 is 0 Å². The number of rotatable bonds is 5. The highest BCUT2D eigenvalue weighted by atomic mass is 16.5. The zero-order chi connectivity index (χ0) is 12.1. The molecule has 1 saturated heterocycles. The number of urea groups is 1. The number of carbonyl (C=O) groups excluding carboxylic acids is 2. The largest absolute Gasteiger partial charge is 0.375 e. The minimum Gasteiger partial charge on any atom is -0.375 e. The Morgan fingerprint density at radius 1 is 1.24 bits per heavy atom. The Balaban J connectivity index is 1.70. The Kier molecular flexibility index (Phi) is 3.72. The molecule has 5 nitrogen and oxygen atoms in total. The lowest BCUT2D eigenvalue weighted by atomic mass is 10.2. The van der Waals surface area contributed by atoms with Crippen molar-refractivity contribution < 1.29 is 14.3 Å². The Bertz CT molecular complexity index is 389. The van der Waals surface area contributed by atoms with Gasteiger partial charge in [0.2, 0.25) is 5.91 Å². The van der Waals surface area contributed by atoms with Gasteiger partial charge in [-0.3, -0.25) is 9.69 Å². The SMILES string of the molecule is O=C1CNC(=O)N1CCOCc1ccccc1. The van der Waals surface area contributed by atoms with E-state index in [9.17, 15) is 9.59 Å². The first-order valence-corrected chi connectivity index (χ1v) is 5.47. The minimum atomic E-state index is -0.335. The molecule has 2 rings (SSSR count). The maximum absolute atomic E-state index is 11.2. The third kappa shape index (κ3) is 3.04. The fourth-order valence-corrected chi connectivity index (χ4v) is 1.60. The summed E-state index contributed by atoms with van der Waals surface area (Å²) in [6, 6.07) is 9.42. The second kappa shape index (κ2) is 5.45. The lowest BCUT2D eigenvalue weighted by molar-refractivity contribution is -0.125. The van der Waals surface area contributed by atoms with Crippen molar-refractivity contribution in [2.75, 3.05) is 19.7 Å². The van der Waals surface area contributed by atoms with E-state index in [0.29, 0.717) is 19.8 Å². The van der Waals surface area contributed by atoms with Gasteiger partial charge in [-0.05, 0) is 5.56 Å². The first kappa shape index (κ1) is 11.6. The van der Waals surface area contributed by atoms with E-state index >= 15 is 0 Å². The molecule has 0 spiro atoms. The molecule has 1 aliphatic rings. The van der Waals surface area contributed by atoms with Gasteiger partial charge < -0.3 is 10.1 Å². The van der Waals surface area contributed by atoms with Crippen LogP contribution in [0.15, 0.2) is 30.3 Å². The van der Waals surface area contributed by atoms with Crippen LogP contribution in [0.3, 0.4) is 0 Å². The summed E-state index contributed by atoms with van der Waals surface area (Å²) < 4.78 is 5.40. The highest BCUT2D eigenvalue weighted by Crippen LogP contribution is 2.02. The molecule has 17 heavy (non-hydrogen) atoms. The Morgan fingerprint density at radius 2 is 2.00 bits per heavy atom. The number of imide groups is 1. The van der Waals surface area contributed by atoms with Crippen LogP contribution in [-0.2, 0) is 16.1 Å². The summed E-state index contributed by atoms with van der Waals surface area (Å²) in [5.74, 6) is -0.196. The van der Waals surface area contributed by atoms with Gasteiger partial charge in [-0.15, -0.1) is 0 Å². The molecule has 3 amide bonds. The smallest absolute Gasteiger partial charge is 0.324 e. The molecule has 1 fully saturated rings. The van der Waals surface area contributed by atoms with Crippen molar-refractivity contribution in [1.29, 1.82) is 0 Å². The minimum absolute atomic E-state index is 0.0948. The zero-order valence-corrected chi connectivity index (χ0v) is 9.39. The number of hydrogen-bond donors (Lipinski definition) is 1. The number of ether oxygens (including phenoxy) is 1. The van der Waals surface area contributed by atoms with Gasteiger partial charge in [0.15, 0.2) is 0 Å². The van der Waals surface area contributed by atoms with Crippen molar-refractivity contribution in [3.63, 3.8) is 0 Å². The standard InChI is InChI=1S/C12H14N2O3/c15-11-8-13-12(16)14(11)6-7-17-9-10-4-2-1-3-5-10/h1-5H,6-9H2,(H,13,16). The van der Waals surface area contributed by atoms with Crippen molar-refractivity contribution in [2.24, 2.45) is 0 Å². The molecule has 1 heterocycles. The average Bonchev–Trinajstić information content (AvgIpc) is 2.67. The predicted octanol–water partition coefficient (Wildman–Crippen LogP) is 0.755. The van der Waals surface area contributed by atoms with E-state index in [1.165, 1.54) is 4.90 Å². The molecule has 1 aromatic rings. The van der Waals surface area contributed by atoms with E-state index in [1.807, 2.05) is 30.3 Å². The van der Waals surface area contributed by atoms with Crippen LogP contribution in [0.25, 0.3) is 0 Å². The molecular weight excluding hydrogens is 220 g/mol. The third-order valence-electron chi connectivity index (χ3n) is 2.51. The van der Waals surface area contributed by atoms with Crippen LogP contribution < -0.4 is 5.32 Å². The Labute approximate surface area is 99.4 Å². The van der Waals surface area contributed by atoms with Crippen molar-refractivity contribution in [3.8, 4) is 0 Å². The number of hydrogen-bond acceptors (Lipinski definition) is 3. The predicted molar refractivity (Wildman–Crippen MR) is 61.2 cm³/mol. The van der Waals surface area contributed by atoms with Crippen LogP contribution in [0.5, 0.6) is 0 Å². The molecule has 0 saturated carbocycles. The number of nitrogens with zero attached hydrogens (tertiary/aromatic N) is 1. The van der Waals surface area contributed by atoms with E-state index in [1.54, 1.807) is 0 Å². The summed E-state index contributed by atoms with van der Waals surface area (Å²) in [6.45, 7) is 1.24. The number of nitrogens with one attached hydrogen (secondary N) is 1. The van der Waals surface area contributed by atoms with Gasteiger partial charge in [0.05, 0.1) is 26.3 Å². The maximum atomic E-state index is 11.2. The highest BCUT2D eigenvalue weighted by Gasteiger charge is 2.27. The van der Waals surface area contributed by atoms with E-state index in [0.717, 1.165) is 5.56 Å². The van der Waals surface area contributed by atoms with Gasteiger partial charge in [0.25, 0.3) is 0 Å². The lowest BCUT2D eigenvalue weighted by Crippen LogP contribution is -2.33. The number of benzene rings is 1. The van der Waals surface area contributed by atoms with Crippen molar-refractivity contribution in [1.82, 2.24) is 10.2 Å². The third-order valence-corrected chi connectivity index (χ3v) is 2.51. The van der Waals surface area contributed by atoms with E-state index in [4.69, 9.17) is 4.74 Å². The van der Waals surface area contributed by atoms with Gasteiger partial charge >= 0.3 is 6.03 Å². The maximum Gasteiger partial charge on any atom is 0.324 e.